The van der Waals surface area contributed by atoms with Crippen LogP contribution in [0.3, 0.4) is 0 Å². The second-order valence-electron chi connectivity index (χ2n) is 9.08. The van der Waals surface area contributed by atoms with Crippen molar-refractivity contribution >= 4 is 11.8 Å². The van der Waals surface area contributed by atoms with Crippen LogP contribution < -0.4 is 0 Å². The van der Waals surface area contributed by atoms with E-state index < -0.39 is 0 Å². The van der Waals surface area contributed by atoms with Gasteiger partial charge in [0.2, 0.25) is 17.7 Å². The van der Waals surface area contributed by atoms with Crippen LogP contribution in [-0.4, -0.2) is 70.6 Å². The van der Waals surface area contributed by atoms with E-state index in [2.05, 4.69) is 24.0 Å². The molecule has 0 bridgehead atoms. The van der Waals surface area contributed by atoms with Crippen molar-refractivity contribution in [2.75, 3.05) is 32.8 Å². The van der Waals surface area contributed by atoms with Crippen LogP contribution in [0, 0.1) is 11.8 Å². The Kier molecular flexibility index (Phi) is 8.24. The summed E-state index contributed by atoms with van der Waals surface area (Å²) in [5.41, 5.74) is 0. The Labute approximate surface area is 179 Å². The minimum atomic E-state index is 0.0734. The maximum atomic E-state index is 12.8. The highest BCUT2D eigenvalue weighted by Gasteiger charge is 2.28. The van der Waals surface area contributed by atoms with E-state index in [9.17, 15) is 9.59 Å². The lowest BCUT2D eigenvalue weighted by Gasteiger charge is -2.35. The summed E-state index contributed by atoms with van der Waals surface area (Å²) in [5, 5.41) is 4.02. The highest BCUT2D eigenvalue weighted by atomic mass is 16.5. The lowest BCUT2D eigenvalue weighted by molar-refractivity contribution is -0.137. The van der Waals surface area contributed by atoms with E-state index in [1.54, 1.807) is 6.92 Å². The molecule has 0 spiro atoms. The van der Waals surface area contributed by atoms with E-state index in [1.807, 2.05) is 9.80 Å². The van der Waals surface area contributed by atoms with Crippen LogP contribution in [0.25, 0.3) is 0 Å². The van der Waals surface area contributed by atoms with Gasteiger partial charge >= 0.3 is 0 Å². The third-order valence-electron chi connectivity index (χ3n) is 6.03. The Morgan fingerprint density at radius 3 is 2.63 bits per heavy atom. The van der Waals surface area contributed by atoms with Crippen LogP contribution in [0.5, 0.6) is 0 Å². The summed E-state index contributed by atoms with van der Waals surface area (Å²) >= 11 is 0. The normalized spacial score (nSPS) is 20.7. The summed E-state index contributed by atoms with van der Waals surface area (Å²) in [5.74, 6) is 2.60. The Hall–Kier alpha value is -1.96. The third-order valence-corrected chi connectivity index (χ3v) is 6.03. The quantitative estimate of drug-likeness (QED) is 0.642. The number of hydrogen-bond acceptors (Lipinski definition) is 6. The highest BCUT2D eigenvalue weighted by molar-refractivity contribution is 5.77. The fourth-order valence-corrected chi connectivity index (χ4v) is 4.27. The lowest BCUT2D eigenvalue weighted by Crippen LogP contribution is -2.45. The van der Waals surface area contributed by atoms with Crippen LogP contribution in [-0.2, 0) is 27.2 Å². The van der Waals surface area contributed by atoms with Gasteiger partial charge in [-0.25, -0.2) is 0 Å². The van der Waals surface area contributed by atoms with Crippen LogP contribution in [0.2, 0.25) is 0 Å². The molecule has 3 rings (SSSR count). The van der Waals surface area contributed by atoms with Gasteiger partial charge in [0.25, 0.3) is 0 Å². The van der Waals surface area contributed by atoms with Gasteiger partial charge in [0, 0.05) is 52.4 Å². The van der Waals surface area contributed by atoms with Gasteiger partial charge in [0.05, 0.1) is 12.7 Å². The van der Waals surface area contributed by atoms with Crippen molar-refractivity contribution in [3.8, 4) is 0 Å². The van der Waals surface area contributed by atoms with E-state index in [0.717, 1.165) is 51.7 Å². The minimum Gasteiger partial charge on any atom is -0.376 e. The molecule has 1 aromatic rings. The number of carbonyl (C=O) groups excluding carboxylic acids is 2. The van der Waals surface area contributed by atoms with Crippen molar-refractivity contribution in [3.63, 3.8) is 0 Å². The number of piperidine rings is 2. The summed E-state index contributed by atoms with van der Waals surface area (Å²) in [7, 11) is 0. The zero-order valence-corrected chi connectivity index (χ0v) is 18.6. The molecule has 2 aliphatic heterocycles. The first kappa shape index (κ1) is 22.7. The van der Waals surface area contributed by atoms with E-state index in [0.29, 0.717) is 49.5 Å². The van der Waals surface area contributed by atoms with Gasteiger partial charge in [-0.2, -0.15) is 4.98 Å². The first-order chi connectivity index (χ1) is 14.4. The summed E-state index contributed by atoms with van der Waals surface area (Å²) in [6.45, 7) is 9.42. The summed E-state index contributed by atoms with van der Waals surface area (Å²) in [4.78, 5) is 32.5. The van der Waals surface area contributed by atoms with Gasteiger partial charge in [-0.3, -0.25) is 9.59 Å². The summed E-state index contributed by atoms with van der Waals surface area (Å²) in [6.07, 6.45) is 5.86. The van der Waals surface area contributed by atoms with Crippen LogP contribution in [0.15, 0.2) is 4.52 Å². The molecule has 30 heavy (non-hydrogen) atoms. The van der Waals surface area contributed by atoms with Crippen molar-refractivity contribution in [2.24, 2.45) is 11.8 Å². The molecular weight excluding hydrogens is 384 g/mol. The predicted molar refractivity (Wildman–Crippen MR) is 112 cm³/mol. The van der Waals surface area contributed by atoms with Gasteiger partial charge in [0.1, 0.15) is 0 Å². The van der Waals surface area contributed by atoms with Crippen LogP contribution in [0.1, 0.15) is 64.6 Å². The van der Waals surface area contributed by atoms with Gasteiger partial charge in [-0.1, -0.05) is 19.0 Å². The molecule has 8 heteroatoms. The molecule has 2 amide bonds. The molecule has 0 aromatic carbocycles. The molecule has 0 aliphatic carbocycles. The highest BCUT2D eigenvalue weighted by Crippen LogP contribution is 2.23. The number of rotatable bonds is 8. The standard InChI is InChI=1S/C22H36N4O4/c1-16(2)13-21-23-20(24-30-21)8-12-29-19-5-4-9-26(15-19)22(28)14-18-6-10-25(11-7-18)17(3)27/h16,18-19H,4-15H2,1-3H3. The van der Waals surface area contributed by atoms with E-state index in [1.165, 1.54) is 0 Å². The SMILES string of the molecule is CC(=O)N1CCC(CC(=O)N2CCCC(OCCc3noc(CC(C)C)n3)C2)CC1. The largest absolute Gasteiger partial charge is 0.376 e. The maximum Gasteiger partial charge on any atom is 0.226 e. The zero-order valence-electron chi connectivity index (χ0n) is 18.6. The first-order valence-corrected chi connectivity index (χ1v) is 11.4. The van der Waals surface area contributed by atoms with E-state index in [-0.39, 0.29) is 17.9 Å². The number of ether oxygens (including phenoxy) is 1. The van der Waals surface area contributed by atoms with E-state index in [4.69, 9.17) is 9.26 Å². The van der Waals surface area contributed by atoms with Gasteiger partial charge in [-0.15, -0.1) is 0 Å². The van der Waals surface area contributed by atoms with Crippen molar-refractivity contribution in [1.82, 2.24) is 19.9 Å². The lowest BCUT2D eigenvalue weighted by atomic mass is 9.92. The number of hydrogen-bond donors (Lipinski definition) is 0. The third kappa shape index (κ3) is 6.79. The Balaban J connectivity index is 1.37. The molecule has 0 N–H and O–H groups in total. The number of nitrogens with zero attached hydrogens (tertiary/aromatic N) is 4. The fraction of sp³-hybridized carbons (Fsp3) is 0.818. The Morgan fingerprint density at radius 2 is 1.93 bits per heavy atom. The molecule has 1 aromatic heterocycles. The molecule has 0 radical (unpaired) electrons. The minimum absolute atomic E-state index is 0.0734. The smallest absolute Gasteiger partial charge is 0.226 e. The molecule has 0 saturated carbocycles. The second-order valence-corrected chi connectivity index (χ2v) is 9.08. The predicted octanol–water partition coefficient (Wildman–Crippen LogP) is 2.47. The van der Waals surface area contributed by atoms with Gasteiger partial charge in [-0.05, 0) is 37.5 Å². The Bertz CT molecular complexity index is 697. The zero-order chi connectivity index (χ0) is 21.5. The summed E-state index contributed by atoms with van der Waals surface area (Å²) in [6, 6.07) is 0. The molecule has 1 unspecified atom stereocenters. The van der Waals surface area contributed by atoms with Crippen molar-refractivity contribution in [3.05, 3.63) is 11.7 Å². The molecular formula is C22H36N4O4. The van der Waals surface area contributed by atoms with Gasteiger partial charge < -0.3 is 19.1 Å². The molecule has 2 aliphatic rings. The number of amides is 2. The average Bonchev–Trinajstić information content (AvgIpc) is 3.15. The maximum absolute atomic E-state index is 12.8. The van der Waals surface area contributed by atoms with Crippen molar-refractivity contribution in [2.45, 2.75) is 71.8 Å². The summed E-state index contributed by atoms with van der Waals surface area (Å²) < 4.78 is 11.3. The molecule has 168 valence electrons. The number of likely N-dealkylation sites (tertiary alicyclic amines) is 2. The van der Waals surface area contributed by atoms with Crippen molar-refractivity contribution < 1.29 is 18.8 Å². The molecule has 3 heterocycles. The molecule has 2 fully saturated rings. The molecule has 2 saturated heterocycles. The van der Waals surface area contributed by atoms with Crippen molar-refractivity contribution in [1.29, 1.82) is 0 Å². The molecule has 8 nitrogen and oxygen atoms in total. The molecule has 1 atom stereocenters. The average molecular weight is 421 g/mol. The first-order valence-electron chi connectivity index (χ1n) is 11.4. The topological polar surface area (TPSA) is 88.8 Å². The van der Waals surface area contributed by atoms with Crippen LogP contribution in [0.4, 0.5) is 0 Å². The monoisotopic (exact) mass is 420 g/mol. The van der Waals surface area contributed by atoms with Gasteiger partial charge in [0.15, 0.2) is 5.82 Å². The second kappa shape index (κ2) is 10.9. The van der Waals surface area contributed by atoms with E-state index >= 15 is 0 Å². The Morgan fingerprint density at radius 1 is 1.17 bits per heavy atom. The number of carbonyl (C=O) groups is 2. The van der Waals surface area contributed by atoms with Crippen LogP contribution >= 0.6 is 0 Å². The fourth-order valence-electron chi connectivity index (χ4n) is 4.27. The number of aromatic nitrogens is 2.